The van der Waals surface area contributed by atoms with Crippen molar-refractivity contribution < 1.29 is 9.53 Å². The van der Waals surface area contributed by atoms with Crippen LogP contribution in [0.2, 0.25) is 0 Å². The molecule has 0 saturated carbocycles. The van der Waals surface area contributed by atoms with Crippen LogP contribution in [0.15, 0.2) is 53.4 Å². The summed E-state index contributed by atoms with van der Waals surface area (Å²) in [4.78, 5) is 13.7. The Bertz CT molecular complexity index is 699. The molecule has 2 aromatic rings. The summed E-state index contributed by atoms with van der Waals surface area (Å²) in [6.45, 7) is 1.80. The molecule has 4 heteroatoms. The van der Waals surface area contributed by atoms with Gasteiger partial charge in [-0.1, -0.05) is 24.3 Å². The predicted octanol–water partition coefficient (Wildman–Crippen LogP) is 4.37. The van der Waals surface area contributed by atoms with Gasteiger partial charge in [0.25, 0.3) is 5.91 Å². The Kier molecular flexibility index (Phi) is 5.46. The molecule has 126 valence electrons. The van der Waals surface area contributed by atoms with E-state index in [9.17, 15) is 4.79 Å². The third kappa shape index (κ3) is 3.93. The molecular formula is C20H23NO2S. The van der Waals surface area contributed by atoms with E-state index in [1.165, 1.54) is 16.0 Å². The molecule has 3 nitrogen and oxygen atoms in total. The summed E-state index contributed by atoms with van der Waals surface area (Å²) in [7, 11) is 0. The first-order valence-corrected chi connectivity index (χ1v) is 9.58. The minimum absolute atomic E-state index is 0.0642. The molecule has 1 N–H and O–H groups in total. The van der Waals surface area contributed by atoms with Gasteiger partial charge < -0.3 is 10.1 Å². The Morgan fingerprint density at radius 1 is 1.21 bits per heavy atom. The van der Waals surface area contributed by atoms with Gasteiger partial charge in [-0.15, -0.1) is 11.8 Å². The molecule has 1 aliphatic rings. The van der Waals surface area contributed by atoms with E-state index in [-0.39, 0.29) is 11.9 Å². The van der Waals surface area contributed by atoms with E-state index in [0.29, 0.717) is 0 Å². The second-order valence-electron chi connectivity index (χ2n) is 6.09. The zero-order valence-corrected chi connectivity index (χ0v) is 14.9. The standard InChI is InChI=1S/C20H23NO2S/c1-14(23-16-10-12-17(24-2)13-11-16)20(22)21-19-9-5-7-15-6-3-4-8-18(15)19/h3-4,6,8,10-14,19H,5,7,9H2,1-2H3,(H,21,22). The number of hydrogen-bond donors (Lipinski definition) is 1. The minimum Gasteiger partial charge on any atom is -0.481 e. The molecule has 0 heterocycles. The van der Waals surface area contributed by atoms with Gasteiger partial charge in [0.2, 0.25) is 0 Å². The smallest absolute Gasteiger partial charge is 0.261 e. The van der Waals surface area contributed by atoms with Crippen LogP contribution >= 0.6 is 11.8 Å². The molecule has 24 heavy (non-hydrogen) atoms. The molecule has 1 amide bonds. The van der Waals surface area contributed by atoms with Crippen LogP contribution in [0.1, 0.15) is 36.9 Å². The van der Waals surface area contributed by atoms with E-state index in [2.05, 4.69) is 23.5 Å². The number of ether oxygens (including phenoxy) is 1. The Hall–Kier alpha value is -1.94. The first-order valence-electron chi connectivity index (χ1n) is 8.36. The number of carbonyl (C=O) groups is 1. The SMILES string of the molecule is CSc1ccc(OC(C)C(=O)NC2CCCc3ccccc32)cc1. The van der Waals surface area contributed by atoms with Crippen molar-refractivity contribution in [3.05, 3.63) is 59.7 Å². The van der Waals surface area contributed by atoms with Crippen LogP contribution < -0.4 is 10.1 Å². The van der Waals surface area contributed by atoms with Gasteiger partial charge in [-0.05, 0) is 67.8 Å². The zero-order chi connectivity index (χ0) is 16.9. The van der Waals surface area contributed by atoms with Crippen molar-refractivity contribution in [2.75, 3.05) is 6.26 Å². The van der Waals surface area contributed by atoms with Crippen molar-refractivity contribution >= 4 is 17.7 Å². The number of carbonyl (C=O) groups excluding carboxylic acids is 1. The highest BCUT2D eigenvalue weighted by molar-refractivity contribution is 7.98. The fourth-order valence-corrected chi connectivity index (χ4v) is 3.51. The van der Waals surface area contributed by atoms with E-state index < -0.39 is 6.10 Å². The van der Waals surface area contributed by atoms with Crippen LogP contribution in [-0.4, -0.2) is 18.3 Å². The highest BCUT2D eigenvalue weighted by Crippen LogP contribution is 2.29. The first-order chi connectivity index (χ1) is 11.7. The molecule has 0 spiro atoms. The maximum absolute atomic E-state index is 12.5. The van der Waals surface area contributed by atoms with Crippen LogP contribution in [0.3, 0.4) is 0 Å². The molecule has 2 atom stereocenters. The maximum Gasteiger partial charge on any atom is 0.261 e. The lowest BCUT2D eigenvalue weighted by atomic mass is 9.87. The number of nitrogens with one attached hydrogen (secondary N) is 1. The Balaban J connectivity index is 1.62. The molecule has 2 unspecified atom stereocenters. The third-order valence-corrected chi connectivity index (χ3v) is 5.17. The number of hydrogen-bond acceptors (Lipinski definition) is 3. The number of rotatable bonds is 5. The number of aryl methyl sites for hydroxylation is 1. The lowest BCUT2D eigenvalue weighted by Crippen LogP contribution is -2.39. The second-order valence-corrected chi connectivity index (χ2v) is 6.97. The van der Waals surface area contributed by atoms with E-state index in [1.807, 2.05) is 36.6 Å². The van der Waals surface area contributed by atoms with Crippen molar-refractivity contribution in [1.29, 1.82) is 0 Å². The van der Waals surface area contributed by atoms with E-state index in [0.717, 1.165) is 25.0 Å². The summed E-state index contributed by atoms with van der Waals surface area (Å²) in [6.07, 6.45) is 4.70. The van der Waals surface area contributed by atoms with Gasteiger partial charge in [0.05, 0.1) is 6.04 Å². The van der Waals surface area contributed by atoms with Crippen molar-refractivity contribution in [2.24, 2.45) is 0 Å². The molecule has 0 aromatic heterocycles. The largest absolute Gasteiger partial charge is 0.481 e. The highest BCUT2D eigenvalue weighted by atomic mass is 32.2. The van der Waals surface area contributed by atoms with Crippen LogP contribution in [0, 0.1) is 0 Å². The molecule has 2 aromatic carbocycles. The molecular weight excluding hydrogens is 318 g/mol. The topological polar surface area (TPSA) is 38.3 Å². The Morgan fingerprint density at radius 3 is 2.71 bits per heavy atom. The summed E-state index contributed by atoms with van der Waals surface area (Å²) in [5, 5.41) is 3.15. The fraction of sp³-hybridized carbons (Fsp3) is 0.350. The van der Waals surface area contributed by atoms with Gasteiger partial charge in [0, 0.05) is 4.90 Å². The van der Waals surface area contributed by atoms with Crippen LogP contribution in [0.5, 0.6) is 5.75 Å². The third-order valence-electron chi connectivity index (χ3n) is 4.43. The molecule has 0 aliphatic heterocycles. The normalized spacial score (nSPS) is 17.7. The molecule has 0 fully saturated rings. The maximum atomic E-state index is 12.5. The van der Waals surface area contributed by atoms with Crippen molar-refractivity contribution in [2.45, 2.75) is 43.2 Å². The van der Waals surface area contributed by atoms with E-state index >= 15 is 0 Å². The van der Waals surface area contributed by atoms with Gasteiger partial charge >= 0.3 is 0 Å². The Labute approximate surface area is 147 Å². The lowest BCUT2D eigenvalue weighted by molar-refractivity contribution is -0.128. The monoisotopic (exact) mass is 341 g/mol. The molecule has 1 aliphatic carbocycles. The number of benzene rings is 2. The molecule has 3 rings (SSSR count). The van der Waals surface area contributed by atoms with Crippen molar-refractivity contribution in [3.8, 4) is 5.75 Å². The Morgan fingerprint density at radius 2 is 1.96 bits per heavy atom. The summed E-state index contributed by atoms with van der Waals surface area (Å²) in [5.41, 5.74) is 2.59. The van der Waals surface area contributed by atoms with Gasteiger partial charge in [-0.2, -0.15) is 0 Å². The van der Waals surface area contributed by atoms with Crippen LogP contribution in [0.4, 0.5) is 0 Å². The summed E-state index contributed by atoms with van der Waals surface area (Å²) < 4.78 is 5.78. The van der Waals surface area contributed by atoms with Crippen LogP contribution in [-0.2, 0) is 11.2 Å². The molecule has 0 radical (unpaired) electrons. The molecule has 0 bridgehead atoms. The summed E-state index contributed by atoms with van der Waals surface area (Å²) in [5.74, 6) is 0.658. The second kappa shape index (κ2) is 7.75. The zero-order valence-electron chi connectivity index (χ0n) is 14.1. The van der Waals surface area contributed by atoms with Crippen molar-refractivity contribution in [3.63, 3.8) is 0 Å². The average Bonchev–Trinajstić information content (AvgIpc) is 2.62. The fourth-order valence-electron chi connectivity index (χ4n) is 3.10. The van der Waals surface area contributed by atoms with Gasteiger partial charge in [-0.3, -0.25) is 4.79 Å². The predicted molar refractivity (Wildman–Crippen MR) is 98.6 cm³/mol. The first kappa shape index (κ1) is 16.9. The number of thioether (sulfide) groups is 1. The average molecular weight is 341 g/mol. The number of amides is 1. The number of fused-ring (bicyclic) bond motifs is 1. The quantitative estimate of drug-likeness (QED) is 0.821. The van der Waals surface area contributed by atoms with E-state index in [1.54, 1.807) is 18.7 Å². The van der Waals surface area contributed by atoms with Crippen LogP contribution in [0.25, 0.3) is 0 Å². The summed E-state index contributed by atoms with van der Waals surface area (Å²) >= 11 is 1.68. The van der Waals surface area contributed by atoms with Gasteiger partial charge in [0.1, 0.15) is 5.75 Å². The lowest BCUT2D eigenvalue weighted by Gasteiger charge is -2.27. The summed E-state index contributed by atoms with van der Waals surface area (Å²) in [6, 6.07) is 16.3. The van der Waals surface area contributed by atoms with Gasteiger partial charge in [0.15, 0.2) is 6.10 Å². The van der Waals surface area contributed by atoms with E-state index in [4.69, 9.17) is 4.74 Å². The minimum atomic E-state index is -0.515. The van der Waals surface area contributed by atoms with Gasteiger partial charge in [-0.25, -0.2) is 0 Å². The van der Waals surface area contributed by atoms with Crippen molar-refractivity contribution in [1.82, 2.24) is 5.32 Å². The molecule has 0 saturated heterocycles. The highest BCUT2D eigenvalue weighted by Gasteiger charge is 2.24.